The second-order valence-electron chi connectivity index (χ2n) is 5.27. The Morgan fingerprint density at radius 3 is 2.58 bits per heavy atom. The highest BCUT2D eigenvalue weighted by Crippen LogP contribution is 2.22. The maximum atomic E-state index is 10.7. The van der Waals surface area contributed by atoms with Crippen molar-refractivity contribution in [3.8, 4) is 5.75 Å². The summed E-state index contributed by atoms with van der Waals surface area (Å²) in [4.78, 5) is 10.7. The van der Waals surface area contributed by atoms with E-state index in [0.29, 0.717) is 5.56 Å². The van der Waals surface area contributed by atoms with Crippen LogP contribution < -0.4 is 4.74 Å². The quantitative estimate of drug-likeness (QED) is 0.563. The van der Waals surface area contributed by atoms with Gasteiger partial charge in [-0.2, -0.15) is 0 Å². The number of rotatable bonds is 6. The molecule has 19 heavy (non-hydrogen) atoms. The van der Waals surface area contributed by atoms with Gasteiger partial charge in [-0.3, -0.25) is 4.79 Å². The molecule has 0 aliphatic heterocycles. The monoisotopic (exact) mass is 256 g/mol. The highest BCUT2D eigenvalue weighted by atomic mass is 16.5. The van der Waals surface area contributed by atoms with Crippen LogP contribution in [0.2, 0.25) is 0 Å². The van der Waals surface area contributed by atoms with Crippen LogP contribution in [0.4, 0.5) is 0 Å². The van der Waals surface area contributed by atoms with E-state index in [-0.39, 0.29) is 0 Å². The molecule has 0 heterocycles. The summed E-state index contributed by atoms with van der Waals surface area (Å²) in [6, 6.07) is 11.7. The Labute approximate surface area is 114 Å². The summed E-state index contributed by atoms with van der Waals surface area (Å²) in [6.07, 6.45) is 3.14. The smallest absolute Gasteiger partial charge is 0.150 e. The maximum absolute atomic E-state index is 10.7. The maximum Gasteiger partial charge on any atom is 0.150 e. The van der Waals surface area contributed by atoms with E-state index in [4.69, 9.17) is 4.74 Å². The first-order chi connectivity index (χ1) is 9.19. The number of benzene rings is 2. The lowest BCUT2D eigenvalue weighted by molar-refractivity contribution is 0.112. The molecule has 0 bridgehead atoms. The molecule has 0 amide bonds. The molecule has 0 radical (unpaired) electrons. The molecule has 2 heteroatoms. The lowest BCUT2D eigenvalue weighted by atomic mass is 10.1. The molecule has 0 fully saturated rings. The zero-order chi connectivity index (χ0) is 13.7. The van der Waals surface area contributed by atoms with Crippen LogP contribution in [0.1, 0.15) is 37.0 Å². The molecule has 100 valence electrons. The van der Waals surface area contributed by atoms with E-state index in [2.05, 4.69) is 13.8 Å². The Hall–Kier alpha value is -1.83. The number of fused-ring (bicyclic) bond motifs is 1. The van der Waals surface area contributed by atoms with Gasteiger partial charge in [0.1, 0.15) is 12.0 Å². The average molecular weight is 256 g/mol. The molecule has 2 aromatic carbocycles. The van der Waals surface area contributed by atoms with Crippen LogP contribution >= 0.6 is 0 Å². The third-order valence-corrected chi connectivity index (χ3v) is 3.17. The number of carbonyl (C=O) groups is 1. The van der Waals surface area contributed by atoms with Gasteiger partial charge in [0.25, 0.3) is 0 Å². The summed E-state index contributed by atoms with van der Waals surface area (Å²) >= 11 is 0. The third kappa shape index (κ3) is 3.82. The molecule has 0 aliphatic rings. The van der Waals surface area contributed by atoms with Gasteiger partial charge in [-0.1, -0.05) is 32.0 Å². The summed E-state index contributed by atoms with van der Waals surface area (Å²) in [5.41, 5.74) is 0.707. The highest BCUT2D eigenvalue weighted by molar-refractivity contribution is 5.89. The SMILES string of the molecule is CC(C)CCCOc1ccc2cc(C=O)ccc2c1. The Morgan fingerprint density at radius 1 is 1.11 bits per heavy atom. The van der Waals surface area contributed by atoms with E-state index in [0.717, 1.165) is 41.8 Å². The number of ether oxygens (including phenoxy) is 1. The molecule has 0 saturated carbocycles. The van der Waals surface area contributed by atoms with Gasteiger partial charge in [0.15, 0.2) is 0 Å². The van der Waals surface area contributed by atoms with Crippen LogP contribution in [-0.4, -0.2) is 12.9 Å². The average Bonchev–Trinajstić information content (AvgIpc) is 2.42. The summed E-state index contributed by atoms with van der Waals surface area (Å²) in [7, 11) is 0. The Morgan fingerprint density at radius 2 is 1.84 bits per heavy atom. The summed E-state index contributed by atoms with van der Waals surface area (Å²) in [5.74, 6) is 1.62. The van der Waals surface area contributed by atoms with Gasteiger partial charge in [-0.15, -0.1) is 0 Å². The largest absolute Gasteiger partial charge is 0.494 e. The molecule has 0 aliphatic carbocycles. The molecule has 0 saturated heterocycles. The second kappa shape index (κ2) is 6.37. The topological polar surface area (TPSA) is 26.3 Å². The fraction of sp³-hybridized carbons (Fsp3) is 0.353. The third-order valence-electron chi connectivity index (χ3n) is 3.17. The van der Waals surface area contributed by atoms with Crippen LogP contribution in [-0.2, 0) is 0 Å². The minimum Gasteiger partial charge on any atom is -0.494 e. The lowest BCUT2D eigenvalue weighted by Crippen LogP contribution is -1.99. The van der Waals surface area contributed by atoms with E-state index in [1.807, 2.05) is 36.4 Å². The molecular weight excluding hydrogens is 236 g/mol. The molecule has 0 spiro atoms. The van der Waals surface area contributed by atoms with Gasteiger partial charge in [0.2, 0.25) is 0 Å². The van der Waals surface area contributed by atoms with E-state index >= 15 is 0 Å². The summed E-state index contributed by atoms with van der Waals surface area (Å²) in [6.45, 7) is 5.21. The van der Waals surface area contributed by atoms with Gasteiger partial charge in [0.05, 0.1) is 6.61 Å². The molecule has 2 aromatic rings. The van der Waals surface area contributed by atoms with E-state index in [1.165, 1.54) is 6.42 Å². The van der Waals surface area contributed by atoms with E-state index < -0.39 is 0 Å². The number of carbonyl (C=O) groups excluding carboxylic acids is 1. The summed E-state index contributed by atoms with van der Waals surface area (Å²) < 4.78 is 5.75. The van der Waals surface area contributed by atoms with Crippen molar-refractivity contribution in [1.82, 2.24) is 0 Å². The predicted molar refractivity (Wildman–Crippen MR) is 78.9 cm³/mol. The first-order valence-electron chi connectivity index (χ1n) is 6.81. The Bertz CT molecular complexity index is 558. The minimum absolute atomic E-state index is 0.707. The van der Waals surface area contributed by atoms with Crippen molar-refractivity contribution in [3.05, 3.63) is 42.0 Å². The van der Waals surface area contributed by atoms with Gasteiger partial charge in [-0.25, -0.2) is 0 Å². The Balaban J connectivity index is 2.03. The van der Waals surface area contributed by atoms with Gasteiger partial charge in [-0.05, 0) is 47.7 Å². The van der Waals surface area contributed by atoms with Crippen LogP contribution in [0.5, 0.6) is 5.75 Å². The van der Waals surface area contributed by atoms with Crippen LogP contribution in [0.15, 0.2) is 36.4 Å². The first-order valence-corrected chi connectivity index (χ1v) is 6.81. The van der Waals surface area contributed by atoms with E-state index in [9.17, 15) is 4.79 Å². The number of hydrogen-bond donors (Lipinski definition) is 0. The predicted octanol–water partition coefficient (Wildman–Crippen LogP) is 4.47. The van der Waals surface area contributed by atoms with E-state index in [1.54, 1.807) is 0 Å². The fourth-order valence-electron chi connectivity index (χ4n) is 2.09. The van der Waals surface area contributed by atoms with Crippen molar-refractivity contribution < 1.29 is 9.53 Å². The molecular formula is C17H20O2. The van der Waals surface area contributed by atoms with Gasteiger partial charge < -0.3 is 4.74 Å². The van der Waals surface area contributed by atoms with Crippen LogP contribution in [0.3, 0.4) is 0 Å². The van der Waals surface area contributed by atoms with Crippen molar-refractivity contribution in [2.75, 3.05) is 6.61 Å². The molecule has 2 rings (SSSR count). The lowest BCUT2D eigenvalue weighted by Gasteiger charge is -2.08. The van der Waals surface area contributed by atoms with Gasteiger partial charge >= 0.3 is 0 Å². The highest BCUT2D eigenvalue weighted by Gasteiger charge is 2.00. The number of hydrogen-bond acceptors (Lipinski definition) is 2. The first kappa shape index (κ1) is 13.6. The standard InChI is InChI=1S/C17H20O2/c1-13(2)4-3-9-19-17-8-7-15-10-14(12-18)5-6-16(15)11-17/h5-8,10-13H,3-4,9H2,1-2H3. The van der Waals surface area contributed by atoms with Crippen molar-refractivity contribution in [2.24, 2.45) is 5.92 Å². The van der Waals surface area contributed by atoms with Crippen LogP contribution in [0, 0.1) is 5.92 Å². The molecule has 0 atom stereocenters. The molecule has 2 nitrogen and oxygen atoms in total. The normalized spacial score (nSPS) is 10.9. The molecule has 0 unspecified atom stereocenters. The van der Waals surface area contributed by atoms with Crippen molar-refractivity contribution >= 4 is 17.1 Å². The second-order valence-corrected chi connectivity index (χ2v) is 5.27. The zero-order valence-corrected chi connectivity index (χ0v) is 11.6. The van der Waals surface area contributed by atoms with Crippen molar-refractivity contribution in [3.63, 3.8) is 0 Å². The minimum atomic E-state index is 0.707. The van der Waals surface area contributed by atoms with Gasteiger partial charge in [0, 0.05) is 5.56 Å². The Kier molecular flexibility index (Phi) is 4.56. The van der Waals surface area contributed by atoms with Crippen molar-refractivity contribution in [1.29, 1.82) is 0 Å². The van der Waals surface area contributed by atoms with Crippen molar-refractivity contribution in [2.45, 2.75) is 26.7 Å². The molecule has 0 N–H and O–H groups in total. The number of aldehydes is 1. The molecule has 0 aromatic heterocycles. The zero-order valence-electron chi connectivity index (χ0n) is 11.6. The summed E-state index contributed by atoms with van der Waals surface area (Å²) in [5, 5.41) is 2.17. The fourth-order valence-corrected chi connectivity index (χ4v) is 2.09. The van der Waals surface area contributed by atoms with Crippen LogP contribution in [0.25, 0.3) is 10.8 Å².